The van der Waals surface area contributed by atoms with E-state index in [1.165, 1.54) is 25.7 Å². The van der Waals surface area contributed by atoms with E-state index in [-0.39, 0.29) is 11.9 Å². The van der Waals surface area contributed by atoms with Gasteiger partial charge < -0.3 is 9.47 Å². The van der Waals surface area contributed by atoms with Gasteiger partial charge in [-0.25, -0.2) is 9.59 Å². The number of esters is 2. The van der Waals surface area contributed by atoms with Crippen molar-refractivity contribution >= 4 is 11.9 Å². The van der Waals surface area contributed by atoms with Crippen molar-refractivity contribution in [1.29, 1.82) is 0 Å². The predicted molar refractivity (Wildman–Crippen MR) is 102 cm³/mol. The lowest BCUT2D eigenvalue weighted by Gasteiger charge is -2.14. The molecule has 4 nitrogen and oxygen atoms in total. The fourth-order valence-corrected chi connectivity index (χ4v) is 2.65. The molecule has 0 aliphatic carbocycles. The average molecular weight is 355 g/mol. The van der Waals surface area contributed by atoms with E-state index < -0.39 is 0 Å². The molecule has 146 valence electrons. The Bertz CT molecular complexity index is 399. The van der Waals surface area contributed by atoms with Crippen molar-refractivity contribution in [2.75, 3.05) is 13.2 Å². The van der Waals surface area contributed by atoms with Crippen molar-refractivity contribution in [3.05, 3.63) is 11.1 Å². The first-order valence-corrected chi connectivity index (χ1v) is 10.2. The number of unbranched alkanes of at least 4 members (excludes halogenated alkanes) is 5. The van der Waals surface area contributed by atoms with Gasteiger partial charge in [0.1, 0.15) is 0 Å². The molecule has 0 bridgehead atoms. The Balaban J connectivity index is 5.04. The maximum atomic E-state index is 12.5. The second-order valence-electron chi connectivity index (χ2n) is 6.50. The number of carbonyl (C=O) groups is 2. The topological polar surface area (TPSA) is 52.6 Å². The maximum absolute atomic E-state index is 12.5. The minimum Gasteiger partial charge on any atom is -0.462 e. The molecule has 0 unspecified atom stereocenters. The third-order valence-electron chi connectivity index (χ3n) is 4.01. The van der Waals surface area contributed by atoms with Gasteiger partial charge in [0.2, 0.25) is 0 Å². The third-order valence-corrected chi connectivity index (χ3v) is 4.01. The van der Waals surface area contributed by atoms with Crippen LogP contribution in [0.2, 0.25) is 0 Å². The maximum Gasteiger partial charge on any atom is 0.334 e. The van der Waals surface area contributed by atoms with Crippen molar-refractivity contribution in [2.24, 2.45) is 0 Å². The Morgan fingerprint density at radius 1 is 0.560 bits per heavy atom. The molecule has 0 aliphatic rings. The van der Waals surface area contributed by atoms with Gasteiger partial charge in [-0.15, -0.1) is 0 Å². The van der Waals surface area contributed by atoms with Crippen LogP contribution in [0.3, 0.4) is 0 Å². The molecule has 25 heavy (non-hydrogen) atoms. The molecule has 4 heteroatoms. The average Bonchev–Trinajstić information content (AvgIpc) is 2.62. The summed E-state index contributed by atoms with van der Waals surface area (Å²) in [5, 5.41) is 0. The van der Waals surface area contributed by atoms with Gasteiger partial charge in [0, 0.05) is 11.1 Å². The number of ether oxygens (including phenoxy) is 2. The Morgan fingerprint density at radius 2 is 1.04 bits per heavy atom. The summed E-state index contributed by atoms with van der Waals surface area (Å²) in [6, 6.07) is 0. The molecule has 0 aromatic heterocycles. The van der Waals surface area contributed by atoms with Crippen LogP contribution in [0, 0.1) is 0 Å². The first-order valence-electron chi connectivity index (χ1n) is 10.2. The molecule has 0 saturated carbocycles. The van der Waals surface area contributed by atoms with Crippen LogP contribution < -0.4 is 0 Å². The van der Waals surface area contributed by atoms with E-state index in [9.17, 15) is 9.59 Å². The SMILES string of the molecule is CCCCCCCC/C(C(=O)OCCC)=C(\CCC)C(=O)OCCC. The molecular formula is C21H38O4. The van der Waals surface area contributed by atoms with Gasteiger partial charge >= 0.3 is 11.9 Å². The largest absolute Gasteiger partial charge is 0.462 e. The summed E-state index contributed by atoms with van der Waals surface area (Å²) in [5.74, 6) is -0.689. The lowest BCUT2D eigenvalue weighted by atomic mass is 9.97. The van der Waals surface area contributed by atoms with Gasteiger partial charge in [-0.05, 0) is 32.1 Å². The van der Waals surface area contributed by atoms with Crippen LogP contribution >= 0.6 is 0 Å². The van der Waals surface area contributed by atoms with Gasteiger partial charge in [0.25, 0.3) is 0 Å². The molecule has 0 atom stereocenters. The standard InChI is InChI=1S/C21H38O4/c1-5-9-10-11-12-13-15-19(21(23)25-17-8-4)18(14-6-2)20(22)24-16-7-3/h5-17H2,1-4H3/b19-18-. The normalized spacial score (nSPS) is 11.8. The number of hydrogen-bond donors (Lipinski definition) is 0. The molecule has 0 spiro atoms. The number of hydrogen-bond acceptors (Lipinski definition) is 4. The fraction of sp³-hybridized carbons (Fsp3) is 0.810. The first kappa shape index (κ1) is 23.7. The van der Waals surface area contributed by atoms with E-state index in [1.54, 1.807) is 0 Å². The highest BCUT2D eigenvalue weighted by Gasteiger charge is 2.22. The van der Waals surface area contributed by atoms with Crippen LogP contribution in [0.25, 0.3) is 0 Å². The fourth-order valence-electron chi connectivity index (χ4n) is 2.65. The van der Waals surface area contributed by atoms with E-state index >= 15 is 0 Å². The molecule has 0 aromatic rings. The zero-order valence-corrected chi connectivity index (χ0v) is 16.8. The predicted octanol–water partition coefficient (Wildman–Crippen LogP) is 5.74. The quantitative estimate of drug-likeness (QED) is 0.214. The monoisotopic (exact) mass is 354 g/mol. The smallest absolute Gasteiger partial charge is 0.334 e. The lowest BCUT2D eigenvalue weighted by molar-refractivity contribution is -0.142. The van der Waals surface area contributed by atoms with E-state index in [1.807, 2.05) is 20.8 Å². The van der Waals surface area contributed by atoms with Gasteiger partial charge in [0.05, 0.1) is 13.2 Å². The summed E-state index contributed by atoms with van der Waals surface area (Å²) < 4.78 is 10.6. The van der Waals surface area contributed by atoms with Crippen molar-refractivity contribution in [2.45, 2.75) is 98.3 Å². The summed E-state index contributed by atoms with van der Waals surface area (Å²) in [7, 11) is 0. The van der Waals surface area contributed by atoms with E-state index in [4.69, 9.17) is 9.47 Å². The van der Waals surface area contributed by atoms with Crippen LogP contribution in [0.1, 0.15) is 98.3 Å². The molecule has 0 radical (unpaired) electrons. The Kier molecular flexibility index (Phi) is 15.3. The van der Waals surface area contributed by atoms with Crippen LogP contribution in [0.4, 0.5) is 0 Å². The van der Waals surface area contributed by atoms with Gasteiger partial charge in [-0.2, -0.15) is 0 Å². The second-order valence-corrected chi connectivity index (χ2v) is 6.50. The third kappa shape index (κ3) is 11.0. The molecular weight excluding hydrogens is 316 g/mol. The van der Waals surface area contributed by atoms with Gasteiger partial charge in [0.15, 0.2) is 0 Å². The summed E-state index contributed by atoms with van der Waals surface area (Å²) in [5.41, 5.74) is 1.05. The first-order chi connectivity index (χ1) is 12.1. The Morgan fingerprint density at radius 3 is 1.52 bits per heavy atom. The van der Waals surface area contributed by atoms with Crippen LogP contribution in [-0.2, 0) is 19.1 Å². The van der Waals surface area contributed by atoms with Gasteiger partial charge in [-0.1, -0.05) is 66.2 Å². The number of rotatable bonds is 15. The molecule has 0 aromatic carbocycles. The molecule has 0 fully saturated rings. The van der Waals surface area contributed by atoms with Crippen molar-refractivity contribution in [3.8, 4) is 0 Å². The van der Waals surface area contributed by atoms with Crippen LogP contribution in [-0.4, -0.2) is 25.2 Å². The number of carbonyl (C=O) groups excluding carboxylic acids is 2. The Hall–Kier alpha value is -1.32. The Labute approximate surface area is 154 Å². The molecule has 0 aliphatic heterocycles. The van der Waals surface area contributed by atoms with Crippen molar-refractivity contribution < 1.29 is 19.1 Å². The zero-order chi connectivity index (χ0) is 18.9. The second kappa shape index (κ2) is 16.2. The molecule has 0 N–H and O–H groups in total. The summed E-state index contributed by atoms with van der Waals surface area (Å²) in [6.07, 6.45) is 10.4. The van der Waals surface area contributed by atoms with Crippen molar-refractivity contribution in [3.63, 3.8) is 0 Å². The van der Waals surface area contributed by atoms with E-state index in [0.717, 1.165) is 32.1 Å². The summed E-state index contributed by atoms with van der Waals surface area (Å²) in [6.45, 7) is 8.91. The molecule has 0 rings (SSSR count). The zero-order valence-electron chi connectivity index (χ0n) is 16.8. The summed E-state index contributed by atoms with van der Waals surface area (Å²) >= 11 is 0. The summed E-state index contributed by atoms with van der Waals surface area (Å²) in [4.78, 5) is 24.9. The highest BCUT2D eigenvalue weighted by atomic mass is 16.5. The molecule has 0 heterocycles. The van der Waals surface area contributed by atoms with Gasteiger partial charge in [-0.3, -0.25) is 0 Å². The van der Waals surface area contributed by atoms with E-state index in [0.29, 0.717) is 37.2 Å². The molecule has 0 saturated heterocycles. The van der Waals surface area contributed by atoms with Crippen molar-refractivity contribution in [1.82, 2.24) is 0 Å². The minimum atomic E-state index is -0.349. The highest BCUT2D eigenvalue weighted by molar-refractivity contribution is 6.00. The highest BCUT2D eigenvalue weighted by Crippen LogP contribution is 2.21. The minimum absolute atomic E-state index is 0.340. The molecule has 0 amide bonds. The van der Waals surface area contributed by atoms with Crippen LogP contribution in [0.15, 0.2) is 11.1 Å². The van der Waals surface area contributed by atoms with Crippen LogP contribution in [0.5, 0.6) is 0 Å². The lowest BCUT2D eigenvalue weighted by Crippen LogP contribution is -2.17. The van der Waals surface area contributed by atoms with E-state index in [2.05, 4.69) is 6.92 Å².